The van der Waals surface area contributed by atoms with Gasteiger partial charge in [0, 0.05) is 12.6 Å². The molecule has 0 atom stereocenters. The van der Waals surface area contributed by atoms with Crippen LogP contribution in [0.1, 0.15) is 20.7 Å². The first kappa shape index (κ1) is 14.5. The van der Waals surface area contributed by atoms with E-state index in [1.54, 1.807) is 48.5 Å². The van der Waals surface area contributed by atoms with E-state index < -0.39 is 11.7 Å². The molecule has 2 amide bonds. The standard InChI is InChI=1S/C16H14N2O3/c1-17-16(21)14(19)12-9-5-6-10-13(12)18-15(20)11-7-3-2-4-8-11/h2-10H,1H3,(H,17,21)(H,18,20). The smallest absolute Gasteiger partial charge is 0.292 e. The highest BCUT2D eigenvalue weighted by molar-refractivity contribution is 6.44. The van der Waals surface area contributed by atoms with Crippen molar-refractivity contribution in [2.24, 2.45) is 0 Å². The first-order valence-corrected chi connectivity index (χ1v) is 6.35. The topological polar surface area (TPSA) is 75.3 Å². The van der Waals surface area contributed by atoms with Gasteiger partial charge in [0.2, 0.25) is 0 Å². The van der Waals surface area contributed by atoms with Crippen LogP contribution in [-0.4, -0.2) is 24.6 Å². The maximum Gasteiger partial charge on any atom is 0.292 e. The van der Waals surface area contributed by atoms with Crippen LogP contribution in [0.15, 0.2) is 54.6 Å². The Bertz CT molecular complexity index is 681. The molecule has 0 saturated heterocycles. The second-order valence-electron chi connectivity index (χ2n) is 4.27. The lowest BCUT2D eigenvalue weighted by atomic mass is 10.1. The minimum absolute atomic E-state index is 0.154. The predicted octanol–water partition coefficient (Wildman–Crippen LogP) is 1.87. The zero-order chi connectivity index (χ0) is 15.2. The molecule has 5 heteroatoms. The molecule has 0 aliphatic heterocycles. The van der Waals surface area contributed by atoms with Crippen molar-refractivity contribution in [2.75, 3.05) is 12.4 Å². The Kier molecular flexibility index (Phi) is 4.46. The Morgan fingerprint density at radius 1 is 0.857 bits per heavy atom. The predicted molar refractivity (Wildman–Crippen MR) is 79.2 cm³/mol. The second-order valence-corrected chi connectivity index (χ2v) is 4.27. The first-order valence-electron chi connectivity index (χ1n) is 6.35. The van der Waals surface area contributed by atoms with Gasteiger partial charge in [-0.15, -0.1) is 0 Å². The Labute approximate surface area is 122 Å². The van der Waals surface area contributed by atoms with Crippen LogP contribution in [0.4, 0.5) is 5.69 Å². The highest BCUT2D eigenvalue weighted by Gasteiger charge is 2.19. The average molecular weight is 282 g/mol. The van der Waals surface area contributed by atoms with Crippen molar-refractivity contribution in [1.29, 1.82) is 0 Å². The molecular formula is C16H14N2O3. The SMILES string of the molecule is CNC(=O)C(=O)c1ccccc1NC(=O)c1ccccc1. The van der Waals surface area contributed by atoms with Crippen LogP contribution in [0, 0.1) is 0 Å². The van der Waals surface area contributed by atoms with Crippen molar-refractivity contribution in [2.45, 2.75) is 0 Å². The van der Waals surface area contributed by atoms with Gasteiger partial charge in [0.05, 0.1) is 11.3 Å². The number of ketones is 1. The summed E-state index contributed by atoms with van der Waals surface area (Å²) in [5.74, 6) is -1.76. The fourth-order valence-electron chi connectivity index (χ4n) is 1.81. The molecular weight excluding hydrogens is 268 g/mol. The van der Waals surface area contributed by atoms with E-state index in [2.05, 4.69) is 10.6 Å². The average Bonchev–Trinajstić information content (AvgIpc) is 2.54. The van der Waals surface area contributed by atoms with Gasteiger partial charge in [-0.05, 0) is 24.3 Å². The largest absolute Gasteiger partial charge is 0.352 e. The number of amides is 2. The summed E-state index contributed by atoms with van der Waals surface area (Å²) in [4.78, 5) is 35.5. The van der Waals surface area contributed by atoms with Crippen molar-refractivity contribution in [3.05, 3.63) is 65.7 Å². The minimum Gasteiger partial charge on any atom is -0.352 e. The van der Waals surface area contributed by atoms with E-state index in [0.29, 0.717) is 11.3 Å². The van der Waals surface area contributed by atoms with Crippen LogP contribution in [0.3, 0.4) is 0 Å². The number of hydrogen-bond donors (Lipinski definition) is 2. The molecule has 0 bridgehead atoms. The Morgan fingerprint density at radius 3 is 2.14 bits per heavy atom. The quantitative estimate of drug-likeness (QED) is 0.664. The van der Waals surface area contributed by atoms with Gasteiger partial charge in [-0.2, -0.15) is 0 Å². The third-order valence-electron chi connectivity index (χ3n) is 2.89. The normalized spacial score (nSPS) is 9.76. The van der Waals surface area contributed by atoms with Crippen LogP contribution in [-0.2, 0) is 4.79 Å². The summed E-state index contributed by atoms with van der Waals surface area (Å²) in [6, 6.07) is 15.0. The van der Waals surface area contributed by atoms with Crippen molar-refractivity contribution < 1.29 is 14.4 Å². The number of para-hydroxylation sites is 1. The molecule has 2 N–H and O–H groups in total. The lowest BCUT2D eigenvalue weighted by Gasteiger charge is -2.09. The number of carbonyl (C=O) groups excluding carboxylic acids is 3. The molecule has 21 heavy (non-hydrogen) atoms. The molecule has 0 radical (unpaired) electrons. The Hall–Kier alpha value is -2.95. The van der Waals surface area contributed by atoms with Crippen molar-refractivity contribution in [3.8, 4) is 0 Å². The monoisotopic (exact) mass is 282 g/mol. The van der Waals surface area contributed by atoms with Gasteiger partial charge in [0.15, 0.2) is 0 Å². The zero-order valence-electron chi connectivity index (χ0n) is 11.4. The number of anilines is 1. The van der Waals surface area contributed by atoms with Gasteiger partial charge in [0.25, 0.3) is 17.6 Å². The van der Waals surface area contributed by atoms with Gasteiger partial charge >= 0.3 is 0 Å². The van der Waals surface area contributed by atoms with Crippen LogP contribution in [0.2, 0.25) is 0 Å². The fourth-order valence-corrected chi connectivity index (χ4v) is 1.81. The number of nitrogens with one attached hydrogen (secondary N) is 2. The number of likely N-dealkylation sites (N-methyl/N-ethyl adjacent to an activating group) is 1. The molecule has 0 heterocycles. The van der Waals surface area contributed by atoms with Gasteiger partial charge in [-0.25, -0.2) is 0 Å². The molecule has 0 aliphatic carbocycles. The molecule has 0 saturated carbocycles. The van der Waals surface area contributed by atoms with Crippen molar-refractivity contribution in [3.63, 3.8) is 0 Å². The molecule has 0 fully saturated rings. The van der Waals surface area contributed by atoms with E-state index in [1.807, 2.05) is 0 Å². The van der Waals surface area contributed by atoms with Crippen LogP contribution in [0.5, 0.6) is 0 Å². The molecule has 2 aromatic carbocycles. The summed E-state index contributed by atoms with van der Waals surface area (Å²) in [7, 11) is 1.38. The summed E-state index contributed by atoms with van der Waals surface area (Å²) in [5, 5.41) is 4.92. The Morgan fingerprint density at radius 2 is 1.48 bits per heavy atom. The zero-order valence-corrected chi connectivity index (χ0v) is 11.4. The number of carbonyl (C=O) groups is 3. The highest BCUT2D eigenvalue weighted by atomic mass is 16.2. The summed E-state index contributed by atoms with van der Waals surface area (Å²) < 4.78 is 0. The third kappa shape index (κ3) is 3.33. The van der Waals surface area contributed by atoms with E-state index in [1.165, 1.54) is 13.1 Å². The molecule has 0 unspecified atom stereocenters. The summed E-state index contributed by atoms with van der Waals surface area (Å²) in [6.45, 7) is 0. The molecule has 5 nitrogen and oxygen atoms in total. The van der Waals surface area contributed by atoms with E-state index in [9.17, 15) is 14.4 Å². The minimum atomic E-state index is -0.726. The van der Waals surface area contributed by atoms with E-state index in [0.717, 1.165) is 0 Å². The summed E-state index contributed by atoms with van der Waals surface area (Å²) in [5.41, 5.74) is 0.931. The number of Topliss-reactive ketones (excluding diaryl/α,β-unsaturated/α-hetero) is 1. The highest BCUT2D eigenvalue weighted by Crippen LogP contribution is 2.17. The van der Waals surface area contributed by atoms with Gasteiger partial charge < -0.3 is 10.6 Å². The number of benzene rings is 2. The molecule has 2 rings (SSSR count). The molecule has 2 aromatic rings. The lowest BCUT2D eigenvalue weighted by molar-refractivity contribution is -0.116. The summed E-state index contributed by atoms with van der Waals surface area (Å²) >= 11 is 0. The maximum absolute atomic E-state index is 12.1. The number of rotatable bonds is 4. The van der Waals surface area contributed by atoms with Crippen LogP contribution in [0.25, 0.3) is 0 Å². The van der Waals surface area contributed by atoms with E-state index in [4.69, 9.17) is 0 Å². The van der Waals surface area contributed by atoms with Crippen LogP contribution < -0.4 is 10.6 Å². The number of hydrogen-bond acceptors (Lipinski definition) is 3. The fraction of sp³-hybridized carbons (Fsp3) is 0.0625. The molecule has 0 aromatic heterocycles. The maximum atomic E-state index is 12.1. The Balaban J connectivity index is 2.27. The van der Waals surface area contributed by atoms with Crippen molar-refractivity contribution >= 4 is 23.3 Å². The van der Waals surface area contributed by atoms with Crippen LogP contribution >= 0.6 is 0 Å². The molecule has 0 spiro atoms. The molecule has 0 aliphatic rings. The first-order chi connectivity index (χ1) is 10.1. The van der Waals surface area contributed by atoms with Crippen molar-refractivity contribution in [1.82, 2.24) is 5.32 Å². The van der Waals surface area contributed by atoms with Gasteiger partial charge in [0.1, 0.15) is 0 Å². The molecule has 106 valence electrons. The van der Waals surface area contributed by atoms with Gasteiger partial charge in [-0.1, -0.05) is 30.3 Å². The lowest BCUT2D eigenvalue weighted by Crippen LogP contribution is -2.28. The van der Waals surface area contributed by atoms with E-state index in [-0.39, 0.29) is 11.5 Å². The summed E-state index contributed by atoms with van der Waals surface area (Å²) in [6.07, 6.45) is 0. The van der Waals surface area contributed by atoms with E-state index >= 15 is 0 Å². The third-order valence-corrected chi connectivity index (χ3v) is 2.89. The second kappa shape index (κ2) is 6.47. The van der Waals surface area contributed by atoms with Gasteiger partial charge in [-0.3, -0.25) is 14.4 Å².